The van der Waals surface area contributed by atoms with E-state index in [1.807, 2.05) is 4.72 Å². The van der Waals surface area contributed by atoms with Crippen LogP contribution in [0.1, 0.15) is 18.9 Å². The van der Waals surface area contributed by atoms with Crippen molar-refractivity contribution >= 4 is 39.1 Å². The molecule has 12 heteroatoms. The first-order valence-corrected chi connectivity index (χ1v) is 12.7. The van der Waals surface area contributed by atoms with Crippen LogP contribution in [0.4, 0.5) is 27.5 Å². The highest BCUT2D eigenvalue weighted by molar-refractivity contribution is 7.90. The molecule has 196 valence electrons. The average molecular weight is 538 g/mol. The number of aryl methyl sites for hydroxylation is 1. The van der Waals surface area contributed by atoms with Crippen LogP contribution in [0.2, 0.25) is 0 Å². The smallest absolute Gasteiger partial charge is 0.264 e. The van der Waals surface area contributed by atoms with Gasteiger partial charge in [-0.2, -0.15) is 10.0 Å². The Morgan fingerprint density at radius 2 is 1.84 bits per heavy atom. The maximum absolute atomic E-state index is 14.9. The highest BCUT2D eigenvalue weighted by Crippen LogP contribution is 2.30. The fourth-order valence-electron chi connectivity index (χ4n) is 3.10. The van der Waals surface area contributed by atoms with Crippen molar-refractivity contribution < 1.29 is 27.2 Å². The predicted octanol–water partition coefficient (Wildman–Crippen LogP) is 3.60. The van der Waals surface area contributed by atoms with Crippen LogP contribution >= 0.6 is 0 Å². The minimum atomic E-state index is -4.11. The van der Waals surface area contributed by atoms with Gasteiger partial charge in [0.15, 0.2) is 11.6 Å². The standard InChI is InChI=1S/C26H24FN5O5S/c1-5-14-36-21-12-10-20(11-13-21)32(37-15-6-2)25-22(27)17-28-26(30-25)29-19-9-8-18(4)23(16-19)38(34,35)31-24(33)7-3/h1-2,8-13,16-17H,7,14-15H2,3-4H3,(H,31,33)(H,28,29,30). The summed E-state index contributed by atoms with van der Waals surface area (Å²) in [5, 5.41) is 3.94. The lowest BCUT2D eigenvalue weighted by atomic mass is 10.2. The van der Waals surface area contributed by atoms with Gasteiger partial charge in [-0.05, 0) is 48.9 Å². The van der Waals surface area contributed by atoms with Crippen LogP contribution in [-0.2, 0) is 19.7 Å². The normalized spacial score (nSPS) is 10.7. The van der Waals surface area contributed by atoms with Crippen LogP contribution in [0, 0.1) is 37.4 Å². The van der Waals surface area contributed by atoms with Gasteiger partial charge in [-0.3, -0.25) is 9.63 Å². The predicted molar refractivity (Wildman–Crippen MR) is 140 cm³/mol. The number of terminal acetylenes is 2. The zero-order valence-corrected chi connectivity index (χ0v) is 21.4. The second-order valence-electron chi connectivity index (χ2n) is 7.61. The van der Waals surface area contributed by atoms with Gasteiger partial charge in [-0.25, -0.2) is 22.5 Å². The van der Waals surface area contributed by atoms with Crippen LogP contribution in [0.3, 0.4) is 0 Å². The second kappa shape index (κ2) is 12.5. The molecule has 1 heterocycles. The quantitative estimate of drug-likeness (QED) is 0.279. The van der Waals surface area contributed by atoms with Gasteiger partial charge in [0.1, 0.15) is 19.0 Å². The number of ether oxygens (including phenoxy) is 1. The Balaban J connectivity index is 1.94. The molecule has 0 saturated heterocycles. The molecule has 0 bridgehead atoms. The highest BCUT2D eigenvalue weighted by Gasteiger charge is 2.21. The van der Waals surface area contributed by atoms with Crippen molar-refractivity contribution in [3.05, 3.63) is 60.0 Å². The molecule has 1 aromatic heterocycles. The number of benzene rings is 2. The molecule has 0 fully saturated rings. The molecule has 10 nitrogen and oxygen atoms in total. The summed E-state index contributed by atoms with van der Waals surface area (Å²) >= 11 is 0. The number of aromatic nitrogens is 2. The topological polar surface area (TPSA) is 123 Å². The summed E-state index contributed by atoms with van der Waals surface area (Å²) in [5.41, 5.74) is 1.08. The lowest BCUT2D eigenvalue weighted by Crippen LogP contribution is -2.30. The number of halogens is 1. The second-order valence-corrected chi connectivity index (χ2v) is 9.26. The Labute approximate surface area is 220 Å². The van der Waals surface area contributed by atoms with Crippen molar-refractivity contribution in [1.29, 1.82) is 0 Å². The number of sulfonamides is 1. The number of hydrogen-bond acceptors (Lipinski definition) is 9. The number of amides is 1. The van der Waals surface area contributed by atoms with Crippen LogP contribution in [-0.4, -0.2) is 37.5 Å². The van der Waals surface area contributed by atoms with E-state index in [1.54, 1.807) is 43.3 Å². The first-order chi connectivity index (χ1) is 18.2. The molecule has 1 amide bonds. The molecule has 0 radical (unpaired) electrons. The zero-order chi connectivity index (χ0) is 27.7. The molecule has 0 aliphatic carbocycles. The van der Waals surface area contributed by atoms with Gasteiger partial charge in [0.2, 0.25) is 11.9 Å². The molecule has 0 spiro atoms. The fraction of sp³-hybridized carbons (Fsp3) is 0.192. The van der Waals surface area contributed by atoms with Gasteiger partial charge in [0.25, 0.3) is 10.0 Å². The SMILES string of the molecule is C#CCOc1ccc(N(OCC#C)c2nc(Nc3ccc(C)c(S(=O)(=O)NC(=O)CC)c3)ncc2F)cc1. The summed E-state index contributed by atoms with van der Waals surface area (Å²) in [5.74, 6) is 3.40. The Hall–Kier alpha value is -4.65. The van der Waals surface area contributed by atoms with Crippen LogP contribution < -0.4 is 19.8 Å². The molecule has 0 saturated carbocycles. The van der Waals surface area contributed by atoms with Crippen LogP contribution in [0.25, 0.3) is 0 Å². The summed E-state index contributed by atoms with van der Waals surface area (Å²) in [6.07, 6.45) is 11.5. The lowest BCUT2D eigenvalue weighted by molar-refractivity contribution is -0.119. The van der Waals surface area contributed by atoms with Crippen LogP contribution in [0.15, 0.2) is 53.6 Å². The van der Waals surface area contributed by atoms with Gasteiger partial charge in [0, 0.05) is 12.1 Å². The molecular weight excluding hydrogens is 513 g/mol. The average Bonchev–Trinajstić information content (AvgIpc) is 2.90. The Bertz CT molecular complexity index is 1500. The third-order valence-electron chi connectivity index (χ3n) is 4.89. The molecule has 0 aliphatic heterocycles. The summed E-state index contributed by atoms with van der Waals surface area (Å²) in [4.78, 5) is 25.2. The summed E-state index contributed by atoms with van der Waals surface area (Å²) < 4.78 is 47.5. The van der Waals surface area contributed by atoms with E-state index in [-0.39, 0.29) is 42.0 Å². The van der Waals surface area contributed by atoms with E-state index in [4.69, 9.17) is 22.4 Å². The Morgan fingerprint density at radius 3 is 2.50 bits per heavy atom. The van der Waals surface area contributed by atoms with Crippen LogP contribution in [0.5, 0.6) is 5.75 Å². The van der Waals surface area contributed by atoms with E-state index in [1.165, 1.54) is 13.0 Å². The maximum atomic E-state index is 14.9. The molecular formula is C26H24FN5O5S. The van der Waals surface area contributed by atoms with Gasteiger partial charge in [-0.1, -0.05) is 24.8 Å². The minimum absolute atomic E-state index is 0.00131. The molecule has 3 aromatic rings. The number of hydrogen-bond donors (Lipinski definition) is 2. The third kappa shape index (κ3) is 6.97. The van der Waals surface area contributed by atoms with Gasteiger partial charge in [0.05, 0.1) is 16.8 Å². The van der Waals surface area contributed by atoms with Gasteiger partial charge < -0.3 is 10.1 Å². The van der Waals surface area contributed by atoms with E-state index in [2.05, 4.69) is 27.1 Å². The minimum Gasteiger partial charge on any atom is -0.481 e. The van der Waals surface area contributed by atoms with E-state index < -0.39 is 21.7 Å². The number of anilines is 4. The monoisotopic (exact) mass is 537 g/mol. The summed E-state index contributed by atoms with van der Waals surface area (Å²) in [6, 6.07) is 10.9. The fourth-order valence-corrected chi connectivity index (χ4v) is 4.42. The zero-order valence-electron chi connectivity index (χ0n) is 20.6. The summed E-state index contributed by atoms with van der Waals surface area (Å²) in [6.45, 7) is 3.02. The maximum Gasteiger partial charge on any atom is 0.264 e. The van der Waals surface area contributed by atoms with Gasteiger partial charge >= 0.3 is 0 Å². The van der Waals surface area contributed by atoms with E-state index in [0.717, 1.165) is 11.3 Å². The van der Waals surface area contributed by atoms with Gasteiger partial charge in [-0.15, -0.1) is 12.8 Å². The number of nitrogens with zero attached hydrogens (tertiary/aromatic N) is 3. The molecule has 2 N–H and O–H groups in total. The molecule has 0 atom stereocenters. The largest absolute Gasteiger partial charge is 0.481 e. The molecule has 0 unspecified atom stereocenters. The number of carbonyl (C=O) groups is 1. The first-order valence-electron chi connectivity index (χ1n) is 11.2. The Morgan fingerprint density at radius 1 is 1.13 bits per heavy atom. The van der Waals surface area contributed by atoms with Crippen molar-refractivity contribution in [3.8, 4) is 30.4 Å². The summed E-state index contributed by atoms with van der Waals surface area (Å²) in [7, 11) is -4.11. The molecule has 38 heavy (non-hydrogen) atoms. The molecule has 2 aromatic carbocycles. The van der Waals surface area contributed by atoms with Crippen molar-refractivity contribution in [2.45, 2.75) is 25.2 Å². The number of carbonyl (C=O) groups excluding carboxylic acids is 1. The molecule has 0 aliphatic rings. The van der Waals surface area contributed by atoms with Crippen molar-refractivity contribution in [1.82, 2.24) is 14.7 Å². The van der Waals surface area contributed by atoms with E-state index in [0.29, 0.717) is 17.0 Å². The highest BCUT2D eigenvalue weighted by atomic mass is 32.2. The number of rotatable bonds is 11. The van der Waals surface area contributed by atoms with Crippen molar-refractivity contribution in [2.75, 3.05) is 23.6 Å². The Kier molecular flexibility index (Phi) is 9.22. The van der Waals surface area contributed by atoms with Crippen molar-refractivity contribution in [2.24, 2.45) is 0 Å². The third-order valence-corrected chi connectivity index (χ3v) is 6.41. The molecule has 3 rings (SSSR count). The first kappa shape index (κ1) is 27.9. The van der Waals surface area contributed by atoms with Crippen molar-refractivity contribution in [3.63, 3.8) is 0 Å². The number of nitrogens with one attached hydrogen (secondary N) is 2. The van der Waals surface area contributed by atoms with E-state index >= 15 is 0 Å². The van der Waals surface area contributed by atoms with E-state index in [9.17, 15) is 17.6 Å². The lowest BCUT2D eigenvalue weighted by Gasteiger charge is -2.23.